The summed E-state index contributed by atoms with van der Waals surface area (Å²) < 4.78 is 6.48. The minimum atomic E-state index is 0.653. The van der Waals surface area contributed by atoms with E-state index in [0.717, 1.165) is 31.8 Å². The van der Waals surface area contributed by atoms with Crippen LogP contribution in [0.3, 0.4) is 0 Å². The smallest absolute Gasteiger partial charge is 0.188 e. The lowest BCUT2D eigenvalue weighted by Gasteiger charge is -2.06. The third kappa shape index (κ3) is 2.71. The molecule has 0 spiro atoms. The van der Waals surface area contributed by atoms with Crippen LogP contribution in [0.2, 0.25) is 5.02 Å². The predicted molar refractivity (Wildman–Crippen MR) is 85.5 cm³/mol. The van der Waals surface area contributed by atoms with Crippen LogP contribution in [0.4, 0.5) is 10.8 Å². The Labute approximate surface area is 126 Å². The van der Waals surface area contributed by atoms with Crippen molar-refractivity contribution >= 4 is 44.0 Å². The highest BCUT2D eigenvalue weighted by Gasteiger charge is 2.07. The molecule has 1 aromatic heterocycles. The summed E-state index contributed by atoms with van der Waals surface area (Å²) in [5, 5.41) is 4.84. The van der Waals surface area contributed by atoms with Crippen molar-refractivity contribution in [3.05, 3.63) is 47.5 Å². The fraction of sp³-hybridized carbons (Fsp3) is 0.133. The van der Waals surface area contributed by atoms with Gasteiger partial charge in [0.25, 0.3) is 0 Å². The zero-order chi connectivity index (χ0) is 13.9. The Morgan fingerprint density at radius 1 is 1.25 bits per heavy atom. The molecule has 3 nitrogen and oxygen atoms in total. The standard InChI is InChI=1S/C15H13ClN2OS/c1-2-19-11-6-3-5-10(9-11)17-15-18-13-8-4-7-12(16)14(13)20-15/h3-9H,2H2,1H3,(H,17,18). The van der Waals surface area contributed by atoms with Gasteiger partial charge in [0, 0.05) is 11.8 Å². The van der Waals surface area contributed by atoms with Crippen LogP contribution >= 0.6 is 22.9 Å². The second-order valence-electron chi connectivity index (χ2n) is 4.19. The highest BCUT2D eigenvalue weighted by molar-refractivity contribution is 7.22. The zero-order valence-electron chi connectivity index (χ0n) is 10.9. The van der Waals surface area contributed by atoms with Gasteiger partial charge in [0.1, 0.15) is 5.75 Å². The third-order valence-electron chi connectivity index (χ3n) is 2.76. The van der Waals surface area contributed by atoms with Gasteiger partial charge < -0.3 is 10.1 Å². The number of thiazole rings is 1. The number of halogens is 1. The molecule has 20 heavy (non-hydrogen) atoms. The van der Waals surface area contributed by atoms with Crippen molar-refractivity contribution in [3.8, 4) is 5.75 Å². The Bertz CT molecular complexity index is 742. The number of rotatable bonds is 4. The van der Waals surface area contributed by atoms with Crippen molar-refractivity contribution in [3.63, 3.8) is 0 Å². The highest BCUT2D eigenvalue weighted by atomic mass is 35.5. The SMILES string of the molecule is CCOc1cccc(Nc2nc3cccc(Cl)c3s2)c1. The minimum Gasteiger partial charge on any atom is -0.494 e. The number of nitrogens with zero attached hydrogens (tertiary/aromatic N) is 1. The first-order chi connectivity index (χ1) is 9.76. The van der Waals surface area contributed by atoms with Gasteiger partial charge in [-0.15, -0.1) is 0 Å². The van der Waals surface area contributed by atoms with E-state index in [0.29, 0.717) is 6.61 Å². The molecular formula is C15H13ClN2OS. The van der Waals surface area contributed by atoms with Crippen molar-refractivity contribution in [1.29, 1.82) is 0 Å². The molecule has 0 fully saturated rings. The molecule has 0 amide bonds. The van der Waals surface area contributed by atoms with Crippen LogP contribution < -0.4 is 10.1 Å². The number of aromatic nitrogens is 1. The van der Waals surface area contributed by atoms with Crippen LogP contribution in [-0.4, -0.2) is 11.6 Å². The van der Waals surface area contributed by atoms with E-state index < -0.39 is 0 Å². The van der Waals surface area contributed by atoms with Gasteiger partial charge in [-0.3, -0.25) is 0 Å². The van der Waals surface area contributed by atoms with Gasteiger partial charge in [-0.1, -0.05) is 35.1 Å². The summed E-state index contributed by atoms with van der Waals surface area (Å²) in [6.45, 7) is 2.62. The molecule has 102 valence electrons. The molecule has 0 aliphatic heterocycles. The molecule has 0 aliphatic carbocycles. The van der Waals surface area contributed by atoms with Crippen molar-refractivity contribution in [2.75, 3.05) is 11.9 Å². The van der Waals surface area contributed by atoms with Gasteiger partial charge in [-0.2, -0.15) is 0 Å². The average Bonchev–Trinajstić information content (AvgIpc) is 2.83. The van der Waals surface area contributed by atoms with Crippen LogP contribution in [0.15, 0.2) is 42.5 Å². The van der Waals surface area contributed by atoms with Gasteiger partial charge in [-0.25, -0.2) is 4.98 Å². The number of ether oxygens (including phenoxy) is 1. The van der Waals surface area contributed by atoms with E-state index in [-0.39, 0.29) is 0 Å². The average molecular weight is 305 g/mol. The van der Waals surface area contributed by atoms with Crippen molar-refractivity contribution in [2.45, 2.75) is 6.92 Å². The Kier molecular flexibility index (Phi) is 3.76. The number of benzene rings is 2. The van der Waals surface area contributed by atoms with E-state index in [9.17, 15) is 0 Å². The molecule has 1 N–H and O–H groups in total. The summed E-state index contributed by atoms with van der Waals surface area (Å²) in [6.07, 6.45) is 0. The van der Waals surface area contributed by atoms with Crippen molar-refractivity contribution in [2.24, 2.45) is 0 Å². The molecule has 0 bridgehead atoms. The van der Waals surface area contributed by atoms with Gasteiger partial charge >= 0.3 is 0 Å². The highest BCUT2D eigenvalue weighted by Crippen LogP contribution is 2.33. The van der Waals surface area contributed by atoms with Crippen LogP contribution in [0.1, 0.15) is 6.92 Å². The molecule has 0 radical (unpaired) electrons. The second-order valence-corrected chi connectivity index (χ2v) is 5.60. The fourth-order valence-electron chi connectivity index (χ4n) is 1.92. The van der Waals surface area contributed by atoms with E-state index in [1.54, 1.807) is 11.3 Å². The van der Waals surface area contributed by atoms with Gasteiger partial charge in [-0.05, 0) is 31.2 Å². The van der Waals surface area contributed by atoms with E-state index in [1.807, 2.05) is 49.4 Å². The summed E-state index contributed by atoms with van der Waals surface area (Å²) >= 11 is 7.71. The van der Waals surface area contributed by atoms with Gasteiger partial charge in [0.05, 0.1) is 21.8 Å². The molecular weight excluding hydrogens is 292 g/mol. The largest absolute Gasteiger partial charge is 0.494 e. The monoisotopic (exact) mass is 304 g/mol. The second kappa shape index (κ2) is 5.69. The van der Waals surface area contributed by atoms with E-state index >= 15 is 0 Å². The summed E-state index contributed by atoms with van der Waals surface area (Å²) in [5.74, 6) is 0.844. The summed E-state index contributed by atoms with van der Waals surface area (Å²) in [7, 11) is 0. The first kappa shape index (κ1) is 13.2. The first-order valence-electron chi connectivity index (χ1n) is 6.31. The molecule has 2 aromatic carbocycles. The van der Waals surface area contributed by atoms with Crippen LogP contribution in [0.25, 0.3) is 10.2 Å². The van der Waals surface area contributed by atoms with Crippen LogP contribution in [-0.2, 0) is 0 Å². The van der Waals surface area contributed by atoms with Crippen molar-refractivity contribution in [1.82, 2.24) is 4.98 Å². The molecule has 3 rings (SSSR count). The molecule has 0 unspecified atom stereocenters. The van der Waals surface area contributed by atoms with Gasteiger partial charge in [0.2, 0.25) is 0 Å². The summed E-state index contributed by atoms with van der Waals surface area (Å²) in [5.41, 5.74) is 1.86. The summed E-state index contributed by atoms with van der Waals surface area (Å²) in [4.78, 5) is 4.53. The Morgan fingerprint density at radius 3 is 2.90 bits per heavy atom. The number of hydrogen-bond donors (Lipinski definition) is 1. The lowest BCUT2D eigenvalue weighted by atomic mass is 10.3. The van der Waals surface area contributed by atoms with Crippen LogP contribution in [0.5, 0.6) is 5.75 Å². The molecule has 0 saturated heterocycles. The third-order valence-corrected chi connectivity index (χ3v) is 4.21. The Hall–Kier alpha value is -1.78. The number of hydrogen-bond acceptors (Lipinski definition) is 4. The number of fused-ring (bicyclic) bond motifs is 1. The fourth-order valence-corrected chi connectivity index (χ4v) is 3.10. The number of anilines is 2. The normalized spacial score (nSPS) is 10.7. The minimum absolute atomic E-state index is 0.653. The molecule has 0 aliphatic rings. The Morgan fingerprint density at radius 2 is 2.10 bits per heavy atom. The zero-order valence-corrected chi connectivity index (χ0v) is 12.5. The first-order valence-corrected chi connectivity index (χ1v) is 7.50. The maximum Gasteiger partial charge on any atom is 0.188 e. The molecule has 0 atom stereocenters. The molecule has 1 heterocycles. The van der Waals surface area contributed by atoms with E-state index in [1.165, 1.54) is 0 Å². The molecule has 5 heteroatoms. The summed E-state index contributed by atoms with van der Waals surface area (Å²) in [6, 6.07) is 13.6. The Balaban J connectivity index is 1.89. The maximum atomic E-state index is 6.16. The van der Waals surface area contributed by atoms with E-state index in [4.69, 9.17) is 16.3 Å². The van der Waals surface area contributed by atoms with E-state index in [2.05, 4.69) is 10.3 Å². The van der Waals surface area contributed by atoms with Crippen molar-refractivity contribution < 1.29 is 4.74 Å². The lowest BCUT2D eigenvalue weighted by Crippen LogP contribution is -1.93. The number of nitrogens with one attached hydrogen (secondary N) is 1. The molecule has 3 aromatic rings. The lowest BCUT2D eigenvalue weighted by molar-refractivity contribution is 0.340. The molecule has 0 saturated carbocycles. The topological polar surface area (TPSA) is 34.1 Å². The maximum absolute atomic E-state index is 6.16. The quantitative estimate of drug-likeness (QED) is 0.729. The predicted octanol–water partition coefficient (Wildman–Crippen LogP) is 5.09. The van der Waals surface area contributed by atoms with Crippen LogP contribution in [0, 0.1) is 0 Å². The van der Waals surface area contributed by atoms with Gasteiger partial charge in [0.15, 0.2) is 5.13 Å².